The van der Waals surface area contributed by atoms with Crippen LogP contribution < -0.4 is 0 Å². The summed E-state index contributed by atoms with van der Waals surface area (Å²) in [5.74, 6) is -0.683. The van der Waals surface area contributed by atoms with E-state index in [0.29, 0.717) is 19.4 Å². The van der Waals surface area contributed by atoms with Gasteiger partial charge in [0, 0.05) is 0 Å². The van der Waals surface area contributed by atoms with E-state index < -0.39 is 17.4 Å². The molecule has 0 N–H and O–H groups in total. The summed E-state index contributed by atoms with van der Waals surface area (Å²) < 4.78 is 10.9. The molecule has 1 aromatic rings. The van der Waals surface area contributed by atoms with E-state index in [2.05, 4.69) is 0 Å². The van der Waals surface area contributed by atoms with E-state index in [9.17, 15) is 9.59 Å². The molecule has 0 aliphatic heterocycles. The molecule has 24 heavy (non-hydrogen) atoms. The normalized spacial score (nSPS) is 11.4. The van der Waals surface area contributed by atoms with E-state index in [1.165, 1.54) is 0 Å². The zero-order valence-electron chi connectivity index (χ0n) is 15.3. The maximum absolute atomic E-state index is 12.8. The molecule has 0 saturated heterocycles. The Morgan fingerprint density at radius 2 is 1.50 bits per heavy atom. The van der Waals surface area contributed by atoms with Gasteiger partial charge in [0.15, 0.2) is 5.41 Å². The van der Waals surface area contributed by atoms with Gasteiger partial charge in [-0.25, -0.2) is 0 Å². The van der Waals surface area contributed by atoms with Crippen molar-refractivity contribution >= 4 is 11.9 Å². The van der Waals surface area contributed by atoms with Gasteiger partial charge in [-0.2, -0.15) is 0 Å². The molecular formula is C20H30O4. The molecule has 134 valence electrons. The number of rotatable bonds is 10. The molecule has 1 aromatic carbocycles. The fourth-order valence-electron chi connectivity index (χ4n) is 2.71. The fourth-order valence-corrected chi connectivity index (χ4v) is 2.71. The van der Waals surface area contributed by atoms with Crippen LogP contribution in [0.25, 0.3) is 0 Å². The van der Waals surface area contributed by atoms with Crippen LogP contribution in [0.15, 0.2) is 30.3 Å². The van der Waals surface area contributed by atoms with Gasteiger partial charge in [0.1, 0.15) is 6.61 Å². The zero-order valence-corrected chi connectivity index (χ0v) is 15.3. The van der Waals surface area contributed by atoms with E-state index in [4.69, 9.17) is 9.47 Å². The second kappa shape index (κ2) is 10.1. The van der Waals surface area contributed by atoms with Crippen LogP contribution in [0.2, 0.25) is 0 Å². The minimum absolute atomic E-state index is 0.173. The predicted octanol–water partition coefficient (Wildman–Crippen LogP) is 4.52. The zero-order chi connectivity index (χ0) is 18.0. The van der Waals surface area contributed by atoms with Crippen molar-refractivity contribution in [3.63, 3.8) is 0 Å². The molecule has 0 bridgehead atoms. The summed E-state index contributed by atoms with van der Waals surface area (Å²) in [4.78, 5) is 25.5. The first-order valence-electron chi connectivity index (χ1n) is 8.84. The number of benzene rings is 1. The number of carbonyl (C=O) groups excluding carboxylic acids is 2. The molecule has 0 heterocycles. The van der Waals surface area contributed by atoms with E-state index in [1.807, 2.05) is 58.0 Å². The molecule has 0 aliphatic rings. The Morgan fingerprint density at radius 1 is 0.958 bits per heavy atom. The molecule has 0 spiro atoms. The van der Waals surface area contributed by atoms with Gasteiger partial charge >= 0.3 is 11.9 Å². The minimum atomic E-state index is -1.19. The molecule has 4 nitrogen and oxygen atoms in total. The highest BCUT2D eigenvalue weighted by Crippen LogP contribution is 2.34. The number of hydrogen-bond acceptors (Lipinski definition) is 4. The smallest absolute Gasteiger partial charge is 0.323 e. The molecule has 0 fully saturated rings. The first-order valence-corrected chi connectivity index (χ1v) is 8.84. The number of esters is 2. The lowest BCUT2D eigenvalue weighted by atomic mass is 9.79. The van der Waals surface area contributed by atoms with Crippen LogP contribution in [0.3, 0.4) is 0 Å². The Kier molecular flexibility index (Phi) is 8.51. The number of ether oxygens (including phenoxy) is 2. The lowest BCUT2D eigenvalue weighted by Crippen LogP contribution is -2.42. The number of carbonyl (C=O) groups is 2. The van der Waals surface area contributed by atoms with Gasteiger partial charge in [-0.3, -0.25) is 9.59 Å². The van der Waals surface area contributed by atoms with Gasteiger partial charge < -0.3 is 9.47 Å². The van der Waals surface area contributed by atoms with Crippen LogP contribution in [0.4, 0.5) is 0 Å². The van der Waals surface area contributed by atoms with Gasteiger partial charge in [0.25, 0.3) is 0 Å². The van der Waals surface area contributed by atoms with E-state index in [1.54, 1.807) is 0 Å². The van der Waals surface area contributed by atoms with Gasteiger partial charge in [0.05, 0.1) is 6.61 Å². The van der Waals surface area contributed by atoms with Crippen molar-refractivity contribution in [3.8, 4) is 0 Å². The van der Waals surface area contributed by atoms with Crippen molar-refractivity contribution in [2.45, 2.75) is 60.0 Å². The topological polar surface area (TPSA) is 52.6 Å². The molecular weight excluding hydrogens is 304 g/mol. The molecule has 1 rings (SSSR count). The molecule has 0 unspecified atom stereocenters. The first-order chi connectivity index (χ1) is 11.5. The molecule has 0 atom stereocenters. The van der Waals surface area contributed by atoms with Crippen molar-refractivity contribution in [2.24, 2.45) is 11.3 Å². The molecule has 4 heteroatoms. The third-order valence-electron chi connectivity index (χ3n) is 3.90. The Labute approximate surface area is 145 Å². The maximum atomic E-state index is 12.8. The van der Waals surface area contributed by atoms with E-state index >= 15 is 0 Å². The standard InChI is InChI=1S/C20H30O4/c1-5-12-20(13-6-2,18(21)23-14-16(3)4)19(22)24-15-17-10-8-7-9-11-17/h7-11,16H,5-6,12-15H2,1-4H3. The summed E-state index contributed by atoms with van der Waals surface area (Å²) in [5.41, 5.74) is -0.282. The van der Waals surface area contributed by atoms with Gasteiger partial charge in [-0.1, -0.05) is 70.9 Å². The summed E-state index contributed by atoms with van der Waals surface area (Å²) in [6, 6.07) is 9.49. The second-order valence-electron chi connectivity index (χ2n) is 6.64. The summed E-state index contributed by atoms with van der Waals surface area (Å²) in [7, 11) is 0. The Hall–Kier alpha value is -1.84. The molecule has 0 aromatic heterocycles. The van der Waals surface area contributed by atoms with Crippen molar-refractivity contribution in [3.05, 3.63) is 35.9 Å². The van der Waals surface area contributed by atoms with E-state index in [0.717, 1.165) is 18.4 Å². The maximum Gasteiger partial charge on any atom is 0.323 e. The highest BCUT2D eigenvalue weighted by Gasteiger charge is 2.47. The van der Waals surface area contributed by atoms with Crippen molar-refractivity contribution < 1.29 is 19.1 Å². The fraction of sp³-hybridized carbons (Fsp3) is 0.600. The lowest BCUT2D eigenvalue weighted by molar-refractivity contribution is -0.175. The SMILES string of the molecule is CCCC(CCC)(C(=O)OCc1ccccc1)C(=O)OCC(C)C. The second-order valence-corrected chi connectivity index (χ2v) is 6.64. The summed E-state index contributed by atoms with van der Waals surface area (Å²) in [6.45, 7) is 8.37. The van der Waals surface area contributed by atoms with Crippen molar-refractivity contribution in [2.75, 3.05) is 6.61 Å². The Morgan fingerprint density at radius 3 is 2.00 bits per heavy atom. The van der Waals surface area contributed by atoms with E-state index in [-0.39, 0.29) is 12.5 Å². The molecule has 0 aliphatic carbocycles. The Bertz CT molecular complexity index is 502. The minimum Gasteiger partial charge on any atom is -0.465 e. The van der Waals surface area contributed by atoms with Gasteiger partial charge in [0.2, 0.25) is 0 Å². The average molecular weight is 334 g/mol. The van der Waals surface area contributed by atoms with Crippen LogP contribution in [0, 0.1) is 11.3 Å². The molecule has 0 saturated carbocycles. The first kappa shape index (κ1) is 20.2. The molecule has 0 amide bonds. The predicted molar refractivity (Wildman–Crippen MR) is 94.3 cm³/mol. The Balaban J connectivity index is 2.88. The highest BCUT2D eigenvalue weighted by atomic mass is 16.6. The molecule has 0 radical (unpaired) electrons. The van der Waals surface area contributed by atoms with Crippen LogP contribution >= 0.6 is 0 Å². The lowest BCUT2D eigenvalue weighted by Gasteiger charge is -2.29. The van der Waals surface area contributed by atoms with Crippen LogP contribution in [-0.2, 0) is 25.7 Å². The van der Waals surface area contributed by atoms with Crippen LogP contribution in [0.1, 0.15) is 58.9 Å². The van der Waals surface area contributed by atoms with Crippen molar-refractivity contribution in [1.29, 1.82) is 0 Å². The summed E-state index contributed by atoms with van der Waals surface area (Å²) >= 11 is 0. The third-order valence-corrected chi connectivity index (χ3v) is 3.90. The average Bonchev–Trinajstić information content (AvgIpc) is 2.58. The van der Waals surface area contributed by atoms with Crippen molar-refractivity contribution in [1.82, 2.24) is 0 Å². The monoisotopic (exact) mass is 334 g/mol. The van der Waals surface area contributed by atoms with Crippen LogP contribution in [0.5, 0.6) is 0 Å². The quantitative estimate of drug-likeness (QED) is 0.466. The summed E-state index contributed by atoms with van der Waals surface area (Å²) in [6.07, 6.45) is 2.34. The van der Waals surface area contributed by atoms with Crippen LogP contribution in [-0.4, -0.2) is 18.5 Å². The largest absolute Gasteiger partial charge is 0.465 e. The summed E-state index contributed by atoms with van der Waals surface area (Å²) in [5, 5.41) is 0. The highest BCUT2D eigenvalue weighted by molar-refractivity contribution is 6.00. The third kappa shape index (κ3) is 5.66. The van der Waals surface area contributed by atoms with Gasteiger partial charge in [-0.05, 0) is 24.3 Å². The number of hydrogen-bond donors (Lipinski definition) is 0. The van der Waals surface area contributed by atoms with Gasteiger partial charge in [-0.15, -0.1) is 0 Å².